The smallest absolute Gasteiger partial charge is 0.147 e. The van der Waals surface area contributed by atoms with Crippen LogP contribution in [0, 0.1) is 0 Å². The van der Waals surface area contributed by atoms with Crippen molar-refractivity contribution in [1.82, 2.24) is 9.55 Å². The molecule has 0 saturated carbocycles. The van der Waals surface area contributed by atoms with E-state index in [1.165, 1.54) is 4.91 Å². The number of benzene rings is 4. The van der Waals surface area contributed by atoms with Gasteiger partial charge in [0.15, 0.2) is 0 Å². The molecule has 4 aromatic carbocycles. The fourth-order valence-electron chi connectivity index (χ4n) is 4.63. The number of hydrogen-bond donors (Lipinski definition) is 1. The average Bonchev–Trinajstić information content (AvgIpc) is 3.48. The SMILES string of the molecule is C=C/C(=C\C=C(/C)SC)Oc1ccc(-c2ccc(OCc3nc(-c4ccc(Cl)cc4Cl)cn3Cc3ccc(CO)cc3)cc2)cc1. The predicted octanol–water partition coefficient (Wildman–Crippen LogP) is 10.4. The van der Waals surface area contributed by atoms with Gasteiger partial charge in [0.1, 0.15) is 29.7 Å². The number of aromatic nitrogens is 2. The highest BCUT2D eigenvalue weighted by Crippen LogP contribution is 2.31. The summed E-state index contributed by atoms with van der Waals surface area (Å²) in [7, 11) is 0. The van der Waals surface area contributed by atoms with E-state index in [0.29, 0.717) is 22.3 Å². The van der Waals surface area contributed by atoms with Crippen molar-refractivity contribution in [2.45, 2.75) is 26.7 Å². The second kappa shape index (κ2) is 15.9. The Morgan fingerprint density at radius 2 is 1.54 bits per heavy atom. The molecule has 0 bridgehead atoms. The molecule has 0 amide bonds. The first kappa shape index (κ1) is 33.2. The molecule has 8 heteroatoms. The van der Waals surface area contributed by atoms with Crippen molar-refractivity contribution >= 4 is 35.0 Å². The van der Waals surface area contributed by atoms with Crippen molar-refractivity contribution in [2.24, 2.45) is 0 Å². The van der Waals surface area contributed by atoms with Gasteiger partial charge in [-0.15, -0.1) is 11.8 Å². The number of nitrogens with zero attached hydrogens (tertiary/aromatic N) is 2. The summed E-state index contributed by atoms with van der Waals surface area (Å²) in [5.41, 5.74) is 5.59. The molecule has 1 aromatic heterocycles. The van der Waals surface area contributed by atoms with Gasteiger partial charge in [0.05, 0.1) is 17.3 Å². The summed E-state index contributed by atoms with van der Waals surface area (Å²) in [4.78, 5) is 6.07. The van der Waals surface area contributed by atoms with Crippen molar-refractivity contribution in [2.75, 3.05) is 6.26 Å². The Morgan fingerprint density at radius 3 is 2.15 bits per heavy atom. The van der Waals surface area contributed by atoms with E-state index in [-0.39, 0.29) is 13.2 Å². The molecule has 0 radical (unpaired) electrons. The number of imidazole rings is 1. The van der Waals surface area contributed by atoms with E-state index in [4.69, 9.17) is 37.7 Å². The third-order valence-corrected chi connectivity index (χ3v) is 8.60. The molecule has 0 saturated heterocycles. The number of ether oxygens (including phenoxy) is 2. The number of hydrogen-bond acceptors (Lipinski definition) is 5. The third-order valence-electron chi connectivity index (χ3n) is 7.28. The van der Waals surface area contributed by atoms with Crippen LogP contribution in [-0.2, 0) is 19.8 Å². The molecule has 0 fully saturated rings. The Kier molecular flexibility index (Phi) is 11.4. The van der Waals surface area contributed by atoms with Gasteiger partial charge in [-0.3, -0.25) is 0 Å². The maximum Gasteiger partial charge on any atom is 0.147 e. The summed E-state index contributed by atoms with van der Waals surface area (Å²) in [6.07, 6.45) is 9.64. The predicted molar refractivity (Wildman–Crippen MR) is 192 cm³/mol. The van der Waals surface area contributed by atoms with Gasteiger partial charge in [0.2, 0.25) is 0 Å². The Morgan fingerprint density at radius 1 is 0.891 bits per heavy atom. The minimum atomic E-state index is 0.00667. The van der Waals surface area contributed by atoms with Gasteiger partial charge in [-0.2, -0.15) is 0 Å². The minimum absolute atomic E-state index is 0.00667. The fraction of sp³-hybridized carbons (Fsp3) is 0.132. The molecule has 1 heterocycles. The highest BCUT2D eigenvalue weighted by molar-refractivity contribution is 8.02. The zero-order valence-corrected chi connectivity index (χ0v) is 27.9. The van der Waals surface area contributed by atoms with E-state index < -0.39 is 0 Å². The Balaban J connectivity index is 1.29. The second-order valence-corrected chi connectivity index (χ2v) is 12.4. The van der Waals surface area contributed by atoms with Crippen molar-refractivity contribution in [3.8, 4) is 33.9 Å². The first-order chi connectivity index (χ1) is 22.3. The van der Waals surface area contributed by atoms with Crippen molar-refractivity contribution in [3.63, 3.8) is 0 Å². The molecule has 5 rings (SSSR count). The topological polar surface area (TPSA) is 56.5 Å². The lowest BCUT2D eigenvalue weighted by atomic mass is 10.1. The first-order valence-corrected chi connectivity index (χ1v) is 16.6. The molecule has 1 N–H and O–H groups in total. The lowest BCUT2D eigenvalue weighted by molar-refractivity contribution is 0.282. The van der Waals surface area contributed by atoms with Crippen LogP contribution < -0.4 is 9.47 Å². The van der Waals surface area contributed by atoms with Crippen LogP contribution in [0.5, 0.6) is 11.5 Å². The van der Waals surface area contributed by atoms with Gasteiger partial charge in [-0.05, 0) is 101 Å². The van der Waals surface area contributed by atoms with Gasteiger partial charge in [0, 0.05) is 23.3 Å². The van der Waals surface area contributed by atoms with Crippen molar-refractivity contribution in [3.05, 3.63) is 160 Å². The monoisotopic (exact) mass is 668 g/mol. The minimum Gasteiger partial charge on any atom is -0.486 e. The number of thioether (sulfide) groups is 1. The van der Waals surface area contributed by atoms with Crippen LogP contribution in [0.1, 0.15) is 23.9 Å². The molecule has 234 valence electrons. The van der Waals surface area contributed by atoms with Crippen molar-refractivity contribution in [1.29, 1.82) is 0 Å². The van der Waals surface area contributed by atoms with Crippen LogP contribution in [0.3, 0.4) is 0 Å². The summed E-state index contributed by atoms with van der Waals surface area (Å²) in [5.74, 6) is 2.90. The highest BCUT2D eigenvalue weighted by Gasteiger charge is 2.14. The number of rotatable bonds is 13. The van der Waals surface area contributed by atoms with E-state index >= 15 is 0 Å². The average molecular weight is 670 g/mol. The van der Waals surface area contributed by atoms with Gasteiger partial charge in [0.25, 0.3) is 0 Å². The molecule has 5 aromatic rings. The van der Waals surface area contributed by atoms with Crippen LogP contribution in [0.4, 0.5) is 0 Å². The van der Waals surface area contributed by atoms with E-state index in [1.807, 2.05) is 103 Å². The molecule has 0 aliphatic carbocycles. The molecule has 46 heavy (non-hydrogen) atoms. The quantitative estimate of drug-likeness (QED) is 0.0999. The maximum atomic E-state index is 9.42. The van der Waals surface area contributed by atoms with Gasteiger partial charge in [-0.1, -0.05) is 78.3 Å². The lowest BCUT2D eigenvalue weighted by Gasteiger charge is -2.11. The van der Waals surface area contributed by atoms with Gasteiger partial charge >= 0.3 is 0 Å². The van der Waals surface area contributed by atoms with E-state index in [2.05, 4.69) is 18.1 Å². The molecule has 0 unspecified atom stereocenters. The fourth-order valence-corrected chi connectivity index (χ4v) is 5.34. The summed E-state index contributed by atoms with van der Waals surface area (Å²) < 4.78 is 14.2. The third kappa shape index (κ3) is 8.74. The first-order valence-electron chi connectivity index (χ1n) is 14.6. The molecule has 0 atom stereocenters. The number of halogens is 2. The molecular weight excluding hydrogens is 635 g/mol. The van der Waals surface area contributed by atoms with E-state index in [9.17, 15) is 5.11 Å². The normalized spacial score (nSPS) is 11.8. The molecular formula is C38H34Cl2N2O3S. The molecule has 0 spiro atoms. The van der Waals surface area contributed by atoms with Crippen LogP contribution in [-0.4, -0.2) is 20.9 Å². The Hall–Kier alpha value is -4.20. The summed E-state index contributed by atoms with van der Waals surface area (Å²) in [5, 5.41) is 10.5. The summed E-state index contributed by atoms with van der Waals surface area (Å²) >= 11 is 14.3. The van der Waals surface area contributed by atoms with E-state index in [1.54, 1.807) is 30.0 Å². The lowest BCUT2D eigenvalue weighted by Crippen LogP contribution is -2.07. The molecule has 0 aliphatic heterocycles. The summed E-state index contributed by atoms with van der Waals surface area (Å²) in [6, 6.07) is 29.2. The Bertz CT molecular complexity index is 1850. The maximum absolute atomic E-state index is 9.42. The van der Waals surface area contributed by atoms with Crippen molar-refractivity contribution < 1.29 is 14.6 Å². The number of aliphatic hydroxyl groups is 1. The van der Waals surface area contributed by atoms with Crippen LogP contribution in [0.2, 0.25) is 10.0 Å². The standard InChI is InChI=1S/C38H34Cl2N2O3S/c1-4-32(15-5-26(2)46-3)45-34-18-12-30(13-19-34)29-10-16-33(17-11-29)44-25-38-41-37(35-20-14-31(39)21-36(35)40)23-42(38)22-27-6-8-28(24-43)9-7-27/h4-21,23,43H,1,22,24-25H2,2-3H3/b26-5+,32-15+. The second-order valence-electron chi connectivity index (χ2n) is 10.5. The zero-order chi connectivity index (χ0) is 32.5. The van der Waals surface area contributed by atoms with E-state index in [0.717, 1.165) is 50.8 Å². The van der Waals surface area contributed by atoms with Crippen LogP contribution >= 0.6 is 35.0 Å². The number of allylic oxidation sites excluding steroid dienone is 4. The molecule has 5 nitrogen and oxygen atoms in total. The van der Waals surface area contributed by atoms with Gasteiger partial charge in [-0.25, -0.2) is 4.98 Å². The largest absolute Gasteiger partial charge is 0.486 e. The van der Waals surface area contributed by atoms with Crippen LogP contribution in [0.25, 0.3) is 22.4 Å². The Labute approximate surface area is 284 Å². The summed E-state index contributed by atoms with van der Waals surface area (Å²) in [6.45, 7) is 6.76. The van der Waals surface area contributed by atoms with Gasteiger partial charge < -0.3 is 19.1 Å². The molecule has 0 aliphatic rings. The highest BCUT2D eigenvalue weighted by atomic mass is 35.5. The van der Waals surface area contributed by atoms with Crippen LogP contribution in [0.15, 0.2) is 133 Å². The zero-order valence-electron chi connectivity index (χ0n) is 25.6. The number of aliphatic hydroxyl groups excluding tert-OH is 1.